The van der Waals surface area contributed by atoms with Gasteiger partial charge >= 0.3 is 0 Å². The van der Waals surface area contributed by atoms with Gasteiger partial charge in [0, 0.05) is 18.5 Å². The van der Waals surface area contributed by atoms with E-state index in [9.17, 15) is 19.8 Å². The second-order valence-electron chi connectivity index (χ2n) is 6.85. The molecule has 1 heterocycles. The van der Waals surface area contributed by atoms with Crippen LogP contribution < -0.4 is 10.6 Å². The minimum Gasteiger partial charge on any atom is -0.388 e. The minimum absolute atomic E-state index is 0.00691. The summed E-state index contributed by atoms with van der Waals surface area (Å²) in [5.74, 6) is -0.202. The Morgan fingerprint density at radius 2 is 1.74 bits per heavy atom. The van der Waals surface area contributed by atoms with Crippen molar-refractivity contribution >= 4 is 11.8 Å². The Bertz CT molecular complexity index is 423. The summed E-state index contributed by atoms with van der Waals surface area (Å²) in [6.45, 7) is 3.84. The van der Waals surface area contributed by atoms with Crippen molar-refractivity contribution in [1.29, 1.82) is 0 Å². The molecule has 0 bridgehead atoms. The molecule has 0 aromatic heterocycles. The second kappa shape index (κ2) is 8.08. The van der Waals surface area contributed by atoms with Crippen LogP contribution in [0.5, 0.6) is 0 Å². The van der Waals surface area contributed by atoms with Crippen LogP contribution in [0.3, 0.4) is 0 Å². The lowest BCUT2D eigenvalue weighted by molar-refractivity contribution is -0.127. The van der Waals surface area contributed by atoms with Gasteiger partial charge in [-0.1, -0.05) is 12.8 Å². The highest BCUT2D eigenvalue weighted by molar-refractivity contribution is 5.79. The topological polar surface area (TPSA) is 108 Å². The summed E-state index contributed by atoms with van der Waals surface area (Å²) in [5, 5.41) is 25.6. The summed E-state index contributed by atoms with van der Waals surface area (Å²) in [7, 11) is 0. The fourth-order valence-electron chi connectivity index (χ4n) is 3.26. The van der Waals surface area contributed by atoms with Crippen LogP contribution in [0, 0.1) is 5.92 Å². The zero-order chi connectivity index (χ0) is 17.0. The van der Waals surface area contributed by atoms with Gasteiger partial charge in [-0.2, -0.15) is 0 Å². The molecule has 4 N–H and O–H groups in total. The van der Waals surface area contributed by atoms with Crippen LogP contribution in [0.4, 0.5) is 0 Å². The zero-order valence-corrected chi connectivity index (χ0v) is 13.8. The zero-order valence-electron chi connectivity index (χ0n) is 13.8. The first-order chi connectivity index (χ1) is 10.9. The molecule has 0 aromatic rings. The summed E-state index contributed by atoms with van der Waals surface area (Å²) >= 11 is 0. The van der Waals surface area contributed by atoms with Crippen molar-refractivity contribution in [3.05, 3.63) is 0 Å². The third-order valence-electron chi connectivity index (χ3n) is 4.50. The molecular formula is C16H28N2O5. The van der Waals surface area contributed by atoms with Crippen LogP contribution in [-0.4, -0.2) is 59.0 Å². The van der Waals surface area contributed by atoms with Crippen LogP contribution in [0.15, 0.2) is 0 Å². The van der Waals surface area contributed by atoms with E-state index in [1.807, 2.05) is 13.8 Å². The lowest BCUT2D eigenvalue weighted by atomic mass is 10.0. The molecule has 1 aliphatic heterocycles. The van der Waals surface area contributed by atoms with Gasteiger partial charge in [-0.05, 0) is 26.7 Å². The number of carbonyl (C=O) groups excluding carboxylic acids is 2. The minimum atomic E-state index is -1.12. The summed E-state index contributed by atoms with van der Waals surface area (Å²) in [4.78, 5) is 23.8. The number of aliphatic hydroxyl groups excluding tert-OH is 2. The van der Waals surface area contributed by atoms with Gasteiger partial charge in [0.25, 0.3) is 0 Å². The van der Waals surface area contributed by atoms with E-state index in [4.69, 9.17) is 4.74 Å². The molecule has 23 heavy (non-hydrogen) atoms. The van der Waals surface area contributed by atoms with Gasteiger partial charge in [0.2, 0.25) is 11.8 Å². The number of hydrogen-bond donors (Lipinski definition) is 4. The van der Waals surface area contributed by atoms with Crippen molar-refractivity contribution in [3.8, 4) is 0 Å². The highest BCUT2D eigenvalue weighted by atomic mass is 16.5. The maximum absolute atomic E-state index is 12.0. The molecule has 0 radical (unpaired) electrons. The molecule has 132 valence electrons. The van der Waals surface area contributed by atoms with E-state index in [0.717, 1.165) is 25.7 Å². The average molecular weight is 328 g/mol. The van der Waals surface area contributed by atoms with Crippen LogP contribution in [0.25, 0.3) is 0 Å². The molecule has 4 unspecified atom stereocenters. The first-order valence-electron chi connectivity index (χ1n) is 8.47. The summed E-state index contributed by atoms with van der Waals surface area (Å²) in [6.07, 6.45) is 0.282. The number of amides is 2. The molecule has 2 rings (SSSR count). The Balaban J connectivity index is 1.79. The number of aliphatic hydroxyl groups is 2. The molecule has 2 aliphatic rings. The highest BCUT2D eigenvalue weighted by Gasteiger charge is 2.43. The quantitative estimate of drug-likeness (QED) is 0.535. The van der Waals surface area contributed by atoms with E-state index in [-0.39, 0.29) is 36.7 Å². The number of ether oxygens (including phenoxy) is 1. The molecule has 1 aliphatic carbocycles. The van der Waals surface area contributed by atoms with Gasteiger partial charge in [-0.25, -0.2) is 0 Å². The molecule has 2 fully saturated rings. The monoisotopic (exact) mass is 328 g/mol. The number of rotatable bonds is 6. The van der Waals surface area contributed by atoms with Gasteiger partial charge < -0.3 is 25.6 Å². The molecule has 1 saturated carbocycles. The van der Waals surface area contributed by atoms with E-state index in [0.29, 0.717) is 0 Å². The van der Waals surface area contributed by atoms with Crippen molar-refractivity contribution in [3.63, 3.8) is 0 Å². The first-order valence-corrected chi connectivity index (χ1v) is 8.47. The summed E-state index contributed by atoms with van der Waals surface area (Å²) < 4.78 is 5.58. The SMILES string of the molecule is CC(C)NC(=O)CC1OC(CNC(=O)C2CCCC2)C(O)C1O. The van der Waals surface area contributed by atoms with E-state index in [2.05, 4.69) is 10.6 Å². The second-order valence-corrected chi connectivity index (χ2v) is 6.85. The van der Waals surface area contributed by atoms with Gasteiger partial charge in [-0.3, -0.25) is 9.59 Å². The molecule has 0 spiro atoms. The largest absolute Gasteiger partial charge is 0.388 e. The van der Waals surface area contributed by atoms with Crippen LogP contribution in [-0.2, 0) is 14.3 Å². The van der Waals surface area contributed by atoms with Crippen LogP contribution in [0.2, 0.25) is 0 Å². The molecule has 7 nitrogen and oxygen atoms in total. The smallest absolute Gasteiger partial charge is 0.223 e. The van der Waals surface area contributed by atoms with E-state index < -0.39 is 24.4 Å². The Morgan fingerprint density at radius 3 is 2.35 bits per heavy atom. The lowest BCUT2D eigenvalue weighted by Crippen LogP contribution is -2.41. The van der Waals surface area contributed by atoms with Gasteiger partial charge in [0.15, 0.2) is 0 Å². The van der Waals surface area contributed by atoms with Crippen molar-refractivity contribution in [2.24, 2.45) is 5.92 Å². The van der Waals surface area contributed by atoms with E-state index in [1.54, 1.807) is 0 Å². The molecule has 4 atom stereocenters. The highest BCUT2D eigenvalue weighted by Crippen LogP contribution is 2.26. The van der Waals surface area contributed by atoms with Crippen LogP contribution in [0.1, 0.15) is 46.0 Å². The lowest BCUT2D eigenvalue weighted by Gasteiger charge is -2.17. The van der Waals surface area contributed by atoms with Gasteiger partial charge in [0.1, 0.15) is 18.3 Å². The Kier molecular flexibility index (Phi) is 6.38. The number of carbonyl (C=O) groups is 2. The normalized spacial score (nSPS) is 31.5. The molecule has 7 heteroatoms. The van der Waals surface area contributed by atoms with Crippen molar-refractivity contribution in [1.82, 2.24) is 10.6 Å². The molecule has 1 saturated heterocycles. The Hall–Kier alpha value is -1.18. The maximum atomic E-state index is 12.0. The summed E-state index contributed by atoms with van der Waals surface area (Å²) in [6, 6.07) is 0.00691. The Labute approximate surface area is 136 Å². The number of hydrogen-bond acceptors (Lipinski definition) is 5. The predicted octanol–water partition coefficient (Wildman–Crippen LogP) is -0.303. The third-order valence-corrected chi connectivity index (χ3v) is 4.50. The van der Waals surface area contributed by atoms with Gasteiger partial charge in [0.05, 0.1) is 12.5 Å². The first kappa shape index (κ1) is 18.2. The van der Waals surface area contributed by atoms with Crippen LogP contribution >= 0.6 is 0 Å². The predicted molar refractivity (Wildman–Crippen MR) is 83.5 cm³/mol. The molecule has 2 amide bonds. The molecular weight excluding hydrogens is 300 g/mol. The fourth-order valence-corrected chi connectivity index (χ4v) is 3.26. The third kappa shape index (κ3) is 4.89. The average Bonchev–Trinajstić information content (AvgIpc) is 3.09. The Morgan fingerprint density at radius 1 is 1.13 bits per heavy atom. The van der Waals surface area contributed by atoms with Crippen molar-refractivity contribution in [2.75, 3.05) is 6.54 Å². The van der Waals surface area contributed by atoms with E-state index >= 15 is 0 Å². The van der Waals surface area contributed by atoms with Crippen molar-refractivity contribution < 1.29 is 24.5 Å². The van der Waals surface area contributed by atoms with Crippen molar-refractivity contribution in [2.45, 2.75) is 76.4 Å². The van der Waals surface area contributed by atoms with E-state index in [1.165, 1.54) is 0 Å². The standard InChI is InChI=1S/C16H28N2O5/c1-9(2)18-13(19)7-11-14(20)15(21)12(23-11)8-17-16(22)10-5-3-4-6-10/h9-12,14-15,20-21H,3-8H2,1-2H3,(H,17,22)(H,18,19). The van der Waals surface area contributed by atoms with Gasteiger partial charge in [-0.15, -0.1) is 0 Å². The maximum Gasteiger partial charge on any atom is 0.223 e. The summed E-state index contributed by atoms with van der Waals surface area (Å²) in [5.41, 5.74) is 0. The fraction of sp³-hybridized carbons (Fsp3) is 0.875. The number of nitrogens with one attached hydrogen (secondary N) is 2. The molecule has 0 aromatic carbocycles.